The molecule has 4 rings (SSSR count). The molecule has 0 radical (unpaired) electrons. The topological polar surface area (TPSA) is 56.9 Å². The second-order valence-corrected chi connectivity index (χ2v) is 7.24. The predicted octanol–water partition coefficient (Wildman–Crippen LogP) is 3.25. The monoisotopic (exact) mass is 383 g/mol. The fraction of sp³-hybridized carbons (Fsp3) is 0.211. The van der Waals surface area contributed by atoms with Crippen molar-refractivity contribution < 1.29 is 4.79 Å². The highest BCUT2D eigenvalue weighted by molar-refractivity contribution is 9.09. The zero-order chi connectivity index (χ0) is 16.5. The minimum atomic E-state index is -0.0201. The van der Waals surface area contributed by atoms with Crippen LogP contribution in [0.3, 0.4) is 0 Å². The molecule has 122 valence electrons. The molecule has 0 fully saturated rings. The molecule has 1 aromatic heterocycles. The number of nitrogens with one attached hydrogen (secondary N) is 3. The average Bonchev–Trinajstić information content (AvgIpc) is 3.05. The quantitative estimate of drug-likeness (QED) is 0.712. The summed E-state index contributed by atoms with van der Waals surface area (Å²) in [6.07, 6.45) is 11.3. The highest BCUT2D eigenvalue weighted by Gasteiger charge is 2.23. The van der Waals surface area contributed by atoms with Gasteiger partial charge in [-0.2, -0.15) is 0 Å². The van der Waals surface area contributed by atoms with E-state index >= 15 is 0 Å². The molecule has 1 aliphatic heterocycles. The fourth-order valence-corrected chi connectivity index (χ4v) is 3.71. The number of aromatic nitrogens is 1. The van der Waals surface area contributed by atoms with E-state index in [4.69, 9.17) is 0 Å². The summed E-state index contributed by atoms with van der Waals surface area (Å²) in [7, 11) is 0. The fourth-order valence-electron chi connectivity index (χ4n) is 3.21. The van der Waals surface area contributed by atoms with Crippen molar-refractivity contribution in [3.8, 4) is 0 Å². The third kappa shape index (κ3) is 2.91. The van der Waals surface area contributed by atoms with Gasteiger partial charge in [0.05, 0.1) is 6.04 Å². The molecule has 24 heavy (non-hydrogen) atoms. The molecule has 2 aliphatic rings. The lowest BCUT2D eigenvalue weighted by atomic mass is 9.96. The minimum Gasteiger partial charge on any atom is -0.377 e. The van der Waals surface area contributed by atoms with E-state index in [0.717, 1.165) is 34.2 Å². The number of fused-ring (bicyclic) bond motifs is 1. The highest BCUT2D eigenvalue weighted by Crippen LogP contribution is 2.26. The molecule has 0 spiro atoms. The average molecular weight is 384 g/mol. The van der Waals surface area contributed by atoms with E-state index in [0.29, 0.717) is 11.4 Å². The minimum absolute atomic E-state index is 0.0201. The van der Waals surface area contributed by atoms with Crippen LogP contribution in [0.1, 0.15) is 12.0 Å². The van der Waals surface area contributed by atoms with Gasteiger partial charge in [-0.05, 0) is 42.3 Å². The molecule has 0 saturated heterocycles. The molecule has 4 nitrogen and oxygen atoms in total. The number of hydrogen-bond acceptors (Lipinski definition) is 2. The van der Waals surface area contributed by atoms with Gasteiger partial charge in [-0.3, -0.25) is 4.79 Å². The van der Waals surface area contributed by atoms with Crippen LogP contribution in [0.4, 0.5) is 0 Å². The third-order valence-electron chi connectivity index (χ3n) is 4.35. The van der Waals surface area contributed by atoms with Crippen molar-refractivity contribution >= 4 is 38.3 Å². The lowest BCUT2D eigenvalue weighted by molar-refractivity contribution is -0.115. The maximum atomic E-state index is 12.4. The maximum Gasteiger partial charge on any atom is 0.251 e. The van der Waals surface area contributed by atoms with Crippen LogP contribution in [0.5, 0.6) is 0 Å². The van der Waals surface area contributed by atoms with Gasteiger partial charge in [-0.15, -0.1) is 0 Å². The van der Waals surface area contributed by atoms with Gasteiger partial charge in [-0.25, -0.2) is 0 Å². The van der Waals surface area contributed by atoms with E-state index in [1.165, 1.54) is 0 Å². The molecule has 1 amide bonds. The van der Waals surface area contributed by atoms with E-state index in [1.807, 2.05) is 36.5 Å². The van der Waals surface area contributed by atoms with Crippen LogP contribution >= 0.6 is 15.9 Å². The van der Waals surface area contributed by atoms with E-state index in [1.54, 1.807) is 0 Å². The van der Waals surface area contributed by atoms with Crippen molar-refractivity contribution in [1.82, 2.24) is 15.6 Å². The summed E-state index contributed by atoms with van der Waals surface area (Å²) in [6, 6.07) is 8.07. The molecular formula is C19H18BrN3O. The second-order valence-electron chi connectivity index (χ2n) is 6.06. The SMILES string of the molecule is O=C1NCC(NC2=CC(Br)CC=C2)C=C1c1cccc2[nH]ccc12. The van der Waals surface area contributed by atoms with Crippen molar-refractivity contribution in [1.29, 1.82) is 0 Å². The van der Waals surface area contributed by atoms with E-state index in [2.05, 4.69) is 49.8 Å². The number of alkyl halides is 1. The summed E-state index contributed by atoms with van der Waals surface area (Å²) in [4.78, 5) is 16.0. The van der Waals surface area contributed by atoms with Crippen LogP contribution in [-0.4, -0.2) is 28.3 Å². The van der Waals surface area contributed by atoms with Crippen LogP contribution < -0.4 is 10.6 Å². The molecule has 1 aliphatic carbocycles. The first-order valence-electron chi connectivity index (χ1n) is 8.06. The van der Waals surface area contributed by atoms with E-state index in [-0.39, 0.29) is 11.9 Å². The Balaban J connectivity index is 1.66. The Bertz CT molecular complexity index is 878. The van der Waals surface area contributed by atoms with Crippen LogP contribution in [0.25, 0.3) is 16.5 Å². The van der Waals surface area contributed by atoms with Gasteiger partial charge in [0.1, 0.15) is 0 Å². The summed E-state index contributed by atoms with van der Waals surface area (Å²) in [5.74, 6) is -0.0201. The first kappa shape index (κ1) is 15.3. The van der Waals surface area contributed by atoms with Crippen molar-refractivity contribution in [3.05, 3.63) is 66.0 Å². The van der Waals surface area contributed by atoms with Gasteiger partial charge in [0, 0.05) is 39.7 Å². The molecular weight excluding hydrogens is 366 g/mol. The number of rotatable bonds is 3. The lowest BCUT2D eigenvalue weighted by Gasteiger charge is -2.25. The summed E-state index contributed by atoms with van der Waals surface area (Å²) in [5, 5.41) is 7.56. The smallest absolute Gasteiger partial charge is 0.251 e. The number of allylic oxidation sites excluding steroid dienone is 3. The Morgan fingerprint density at radius 1 is 1.21 bits per heavy atom. The molecule has 0 saturated carbocycles. The number of halogens is 1. The van der Waals surface area contributed by atoms with Crippen LogP contribution in [0, 0.1) is 0 Å². The Hall–Kier alpha value is -2.27. The number of carbonyl (C=O) groups is 1. The summed E-state index contributed by atoms with van der Waals surface area (Å²) < 4.78 is 0. The van der Waals surface area contributed by atoms with Gasteiger partial charge in [0.2, 0.25) is 0 Å². The first-order valence-corrected chi connectivity index (χ1v) is 8.98. The summed E-state index contributed by atoms with van der Waals surface area (Å²) in [5.41, 5.74) is 3.81. The summed E-state index contributed by atoms with van der Waals surface area (Å²) in [6.45, 7) is 0.587. The number of benzene rings is 1. The molecule has 1 aromatic carbocycles. The van der Waals surface area contributed by atoms with Gasteiger partial charge in [0.25, 0.3) is 5.91 Å². The molecule has 0 bridgehead atoms. The maximum absolute atomic E-state index is 12.4. The number of aromatic amines is 1. The number of carbonyl (C=O) groups excluding carboxylic acids is 1. The van der Waals surface area contributed by atoms with Crippen LogP contribution in [0.2, 0.25) is 0 Å². The predicted molar refractivity (Wildman–Crippen MR) is 101 cm³/mol. The van der Waals surface area contributed by atoms with Crippen molar-refractivity contribution in [2.75, 3.05) is 6.54 Å². The Labute approximate surface area is 148 Å². The second kappa shape index (κ2) is 6.32. The largest absolute Gasteiger partial charge is 0.377 e. The zero-order valence-electron chi connectivity index (χ0n) is 13.1. The Morgan fingerprint density at radius 2 is 2.12 bits per heavy atom. The number of hydrogen-bond donors (Lipinski definition) is 3. The lowest BCUT2D eigenvalue weighted by Crippen LogP contribution is -2.43. The number of amides is 1. The van der Waals surface area contributed by atoms with Crippen LogP contribution in [-0.2, 0) is 4.79 Å². The molecule has 3 N–H and O–H groups in total. The van der Waals surface area contributed by atoms with Crippen molar-refractivity contribution in [2.45, 2.75) is 17.3 Å². The van der Waals surface area contributed by atoms with Gasteiger partial charge in [0.15, 0.2) is 0 Å². The highest BCUT2D eigenvalue weighted by atomic mass is 79.9. The molecule has 2 aromatic rings. The van der Waals surface area contributed by atoms with Crippen molar-refractivity contribution in [3.63, 3.8) is 0 Å². The molecule has 2 unspecified atom stereocenters. The van der Waals surface area contributed by atoms with Gasteiger partial charge in [-0.1, -0.05) is 34.1 Å². The summed E-state index contributed by atoms with van der Waals surface area (Å²) >= 11 is 3.62. The third-order valence-corrected chi connectivity index (χ3v) is 4.99. The van der Waals surface area contributed by atoms with Crippen LogP contribution in [0.15, 0.2) is 60.5 Å². The molecule has 2 heterocycles. The van der Waals surface area contributed by atoms with Crippen molar-refractivity contribution in [2.24, 2.45) is 0 Å². The standard InChI is InChI=1S/C19H18BrN3O/c20-12-3-1-4-13(9-12)23-14-10-17(19(24)22-11-14)15-5-2-6-18-16(15)7-8-21-18/h1-2,4-10,12,14,21,23H,3,11H2,(H,22,24). The normalized spacial score (nSPS) is 23.6. The first-order chi connectivity index (χ1) is 11.7. The molecule has 5 heteroatoms. The number of H-pyrrole nitrogens is 1. The molecule has 2 atom stereocenters. The van der Waals surface area contributed by atoms with Gasteiger partial charge >= 0.3 is 0 Å². The zero-order valence-corrected chi connectivity index (χ0v) is 14.6. The van der Waals surface area contributed by atoms with E-state index in [9.17, 15) is 4.79 Å². The van der Waals surface area contributed by atoms with E-state index < -0.39 is 0 Å². The van der Waals surface area contributed by atoms with Gasteiger partial charge < -0.3 is 15.6 Å². The Kier molecular flexibility index (Phi) is 4.02. The Morgan fingerprint density at radius 3 is 3.00 bits per heavy atom.